The molecule has 1 aromatic carbocycles. The number of aryl methyl sites for hydroxylation is 1. The Hall–Kier alpha value is -1.75. The average Bonchev–Trinajstić information content (AvgIpc) is 3.42. The molecule has 2 N–H and O–H groups in total. The van der Waals surface area contributed by atoms with Crippen molar-refractivity contribution in [1.29, 1.82) is 0 Å². The van der Waals surface area contributed by atoms with Crippen LogP contribution >= 0.6 is 24.0 Å². The SMILES string of the molecule is CN=C(NCCN(C(=O)OC(C)(C)C)C1CC1)NCc1ccc(C)cc1OC1CCOC1.I. The molecule has 1 heterocycles. The van der Waals surface area contributed by atoms with Crippen molar-refractivity contribution in [2.75, 3.05) is 33.4 Å². The van der Waals surface area contributed by atoms with Gasteiger partial charge in [0.1, 0.15) is 17.5 Å². The van der Waals surface area contributed by atoms with Gasteiger partial charge in [-0.1, -0.05) is 12.1 Å². The second-order valence-corrected chi connectivity index (χ2v) is 9.47. The van der Waals surface area contributed by atoms with Gasteiger partial charge >= 0.3 is 6.09 Å². The molecular formula is C24H39IN4O4. The fourth-order valence-electron chi connectivity index (χ4n) is 3.53. The molecule has 0 radical (unpaired) electrons. The van der Waals surface area contributed by atoms with Crippen LogP contribution < -0.4 is 15.4 Å². The van der Waals surface area contributed by atoms with E-state index in [0.29, 0.717) is 32.2 Å². The molecule has 1 aliphatic heterocycles. The molecule has 1 amide bonds. The zero-order valence-electron chi connectivity index (χ0n) is 20.5. The first-order valence-electron chi connectivity index (χ1n) is 11.5. The predicted octanol–water partition coefficient (Wildman–Crippen LogP) is 3.85. The van der Waals surface area contributed by atoms with Gasteiger partial charge in [-0.3, -0.25) is 4.99 Å². The van der Waals surface area contributed by atoms with Crippen molar-refractivity contribution in [1.82, 2.24) is 15.5 Å². The van der Waals surface area contributed by atoms with E-state index in [-0.39, 0.29) is 42.2 Å². The minimum atomic E-state index is -0.492. The van der Waals surface area contributed by atoms with Gasteiger partial charge in [0.25, 0.3) is 0 Å². The van der Waals surface area contributed by atoms with Crippen LogP contribution in [0.4, 0.5) is 4.79 Å². The van der Waals surface area contributed by atoms with E-state index in [1.54, 1.807) is 7.05 Å². The van der Waals surface area contributed by atoms with Crippen LogP contribution in [0.25, 0.3) is 0 Å². The summed E-state index contributed by atoms with van der Waals surface area (Å²) in [6, 6.07) is 6.52. The third kappa shape index (κ3) is 9.19. The molecule has 1 saturated carbocycles. The van der Waals surface area contributed by atoms with Crippen LogP contribution in [0.3, 0.4) is 0 Å². The lowest BCUT2D eigenvalue weighted by Gasteiger charge is -2.27. The molecule has 0 aromatic heterocycles. The smallest absolute Gasteiger partial charge is 0.410 e. The first kappa shape index (κ1) is 27.5. The van der Waals surface area contributed by atoms with Crippen molar-refractivity contribution in [3.63, 3.8) is 0 Å². The molecule has 33 heavy (non-hydrogen) atoms. The fraction of sp³-hybridized carbons (Fsp3) is 0.667. The summed E-state index contributed by atoms with van der Waals surface area (Å²) in [6.07, 6.45) is 2.85. The van der Waals surface area contributed by atoms with Crippen LogP contribution in [-0.2, 0) is 16.0 Å². The summed E-state index contributed by atoms with van der Waals surface area (Å²) in [4.78, 5) is 18.6. The van der Waals surface area contributed by atoms with E-state index in [9.17, 15) is 4.79 Å². The second kappa shape index (κ2) is 12.6. The number of carbonyl (C=O) groups excluding carboxylic acids is 1. The Labute approximate surface area is 214 Å². The van der Waals surface area contributed by atoms with Gasteiger partial charge in [-0.25, -0.2) is 4.79 Å². The zero-order valence-corrected chi connectivity index (χ0v) is 22.8. The van der Waals surface area contributed by atoms with Crippen molar-refractivity contribution in [3.05, 3.63) is 29.3 Å². The number of nitrogens with zero attached hydrogens (tertiary/aromatic N) is 2. The van der Waals surface area contributed by atoms with Crippen LogP contribution in [0.2, 0.25) is 0 Å². The quantitative estimate of drug-likeness (QED) is 0.279. The summed E-state index contributed by atoms with van der Waals surface area (Å²) in [7, 11) is 1.74. The number of carbonyl (C=O) groups is 1. The lowest BCUT2D eigenvalue weighted by atomic mass is 10.1. The van der Waals surface area contributed by atoms with Crippen molar-refractivity contribution in [2.24, 2.45) is 4.99 Å². The molecule has 9 heteroatoms. The normalized spacial score (nSPS) is 18.3. The van der Waals surface area contributed by atoms with Gasteiger partial charge in [-0.05, 0) is 52.2 Å². The maximum atomic E-state index is 12.5. The maximum absolute atomic E-state index is 12.5. The Morgan fingerprint density at radius 3 is 2.61 bits per heavy atom. The highest BCUT2D eigenvalue weighted by Gasteiger charge is 2.34. The number of hydrogen-bond donors (Lipinski definition) is 2. The van der Waals surface area contributed by atoms with E-state index in [1.807, 2.05) is 25.7 Å². The monoisotopic (exact) mass is 574 g/mol. The van der Waals surface area contributed by atoms with Gasteiger partial charge < -0.3 is 29.7 Å². The average molecular weight is 575 g/mol. The summed E-state index contributed by atoms with van der Waals surface area (Å²) in [5.74, 6) is 1.56. The van der Waals surface area contributed by atoms with Gasteiger partial charge in [0.15, 0.2) is 5.96 Å². The summed E-state index contributed by atoms with van der Waals surface area (Å²) in [6.45, 7) is 10.9. The maximum Gasteiger partial charge on any atom is 0.410 e. The minimum Gasteiger partial charge on any atom is -0.488 e. The molecule has 1 aromatic rings. The molecule has 1 atom stereocenters. The first-order valence-corrected chi connectivity index (χ1v) is 11.5. The summed E-state index contributed by atoms with van der Waals surface area (Å²) in [5, 5.41) is 6.65. The highest BCUT2D eigenvalue weighted by Crippen LogP contribution is 2.28. The Morgan fingerprint density at radius 1 is 1.24 bits per heavy atom. The van der Waals surface area contributed by atoms with Crippen molar-refractivity contribution >= 4 is 36.0 Å². The summed E-state index contributed by atoms with van der Waals surface area (Å²) < 4.78 is 17.2. The molecule has 1 saturated heterocycles. The molecule has 0 bridgehead atoms. The number of rotatable bonds is 8. The first-order chi connectivity index (χ1) is 15.2. The molecule has 2 aliphatic rings. The largest absolute Gasteiger partial charge is 0.488 e. The standard InChI is InChI=1S/C24H38N4O4.HI/c1-17-6-7-18(21(14-17)31-20-10-13-30-16-20)15-27-22(25-5)26-11-12-28(19-8-9-19)23(29)32-24(2,3)4;/h6-7,14,19-20H,8-13,15-16H2,1-5H3,(H2,25,26,27);1H. The molecular weight excluding hydrogens is 535 g/mol. The molecule has 0 spiro atoms. The van der Waals surface area contributed by atoms with Crippen LogP contribution in [-0.4, -0.2) is 68.1 Å². The molecule has 8 nitrogen and oxygen atoms in total. The van der Waals surface area contributed by atoms with E-state index < -0.39 is 5.60 Å². The highest BCUT2D eigenvalue weighted by atomic mass is 127. The van der Waals surface area contributed by atoms with Gasteiger partial charge in [-0.2, -0.15) is 0 Å². The topological polar surface area (TPSA) is 84.4 Å². The number of halogens is 1. The number of guanidine groups is 1. The molecule has 2 fully saturated rings. The third-order valence-electron chi connectivity index (χ3n) is 5.33. The second-order valence-electron chi connectivity index (χ2n) is 9.47. The zero-order chi connectivity index (χ0) is 23.1. The molecule has 1 unspecified atom stereocenters. The van der Waals surface area contributed by atoms with Crippen molar-refractivity contribution in [2.45, 2.75) is 71.2 Å². The number of nitrogens with one attached hydrogen (secondary N) is 2. The number of ether oxygens (including phenoxy) is 3. The van der Waals surface area contributed by atoms with E-state index in [4.69, 9.17) is 14.2 Å². The van der Waals surface area contributed by atoms with E-state index >= 15 is 0 Å². The van der Waals surface area contributed by atoms with Crippen LogP contribution in [0.1, 0.15) is 51.2 Å². The number of benzene rings is 1. The number of aliphatic imine (C=N–C) groups is 1. The van der Waals surface area contributed by atoms with Crippen molar-refractivity contribution < 1.29 is 19.0 Å². The fourth-order valence-corrected chi connectivity index (χ4v) is 3.53. The van der Waals surface area contributed by atoms with Gasteiger partial charge in [0, 0.05) is 44.7 Å². The molecule has 3 rings (SSSR count). The molecule has 1 aliphatic carbocycles. The summed E-state index contributed by atoms with van der Waals surface area (Å²) >= 11 is 0. The van der Waals surface area contributed by atoms with Crippen molar-refractivity contribution in [3.8, 4) is 5.75 Å². The highest BCUT2D eigenvalue weighted by molar-refractivity contribution is 14.0. The lowest BCUT2D eigenvalue weighted by molar-refractivity contribution is 0.0238. The van der Waals surface area contributed by atoms with Gasteiger partial charge in [0.2, 0.25) is 0 Å². The Morgan fingerprint density at radius 2 is 2.00 bits per heavy atom. The lowest BCUT2D eigenvalue weighted by Crippen LogP contribution is -2.45. The van der Waals surface area contributed by atoms with Crippen LogP contribution in [0.15, 0.2) is 23.2 Å². The van der Waals surface area contributed by atoms with Gasteiger partial charge in [0.05, 0.1) is 13.2 Å². The Balaban J connectivity index is 0.00000385. The Bertz CT molecular complexity index is 802. The third-order valence-corrected chi connectivity index (χ3v) is 5.33. The predicted molar refractivity (Wildman–Crippen MR) is 141 cm³/mol. The van der Waals surface area contributed by atoms with E-state index in [2.05, 4.69) is 40.7 Å². The Kier molecular flexibility index (Phi) is 10.5. The number of hydrogen-bond acceptors (Lipinski definition) is 5. The van der Waals surface area contributed by atoms with E-state index in [1.165, 1.54) is 0 Å². The van der Waals surface area contributed by atoms with Crippen LogP contribution in [0, 0.1) is 6.92 Å². The summed E-state index contributed by atoms with van der Waals surface area (Å²) in [5.41, 5.74) is 1.74. The number of amides is 1. The molecule has 186 valence electrons. The van der Waals surface area contributed by atoms with E-state index in [0.717, 1.165) is 42.7 Å². The minimum absolute atomic E-state index is 0. The van der Waals surface area contributed by atoms with Crippen LogP contribution in [0.5, 0.6) is 5.75 Å². The van der Waals surface area contributed by atoms with Gasteiger partial charge in [-0.15, -0.1) is 24.0 Å².